The summed E-state index contributed by atoms with van der Waals surface area (Å²) in [4.78, 5) is 17.1. The van der Waals surface area contributed by atoms with Gasteiger partial charge in [-0.15, -0.1) is 0 Å². The molecule has 0 saturated carbocycles. The van der Waals surface area contributed by atoms with Crippen molar-refractivity contribution in [3.8, 4) is 0 Å². The van der Waals surface area contributed by atoms with Gasteiger partial charge >= 0.3 is 26.2 Å². The molecule has 0 aliphatic heterocycles. The Hall–Kier alpha value is -0.447. The van der Waals surface area contributed by atoms with Crippen molar-refractivity contribution < 1.29 is 15.0 Å². The van der Waals surface area contributed by atoms with E-state index in [0.29, 0.717) is 0 Å². The van der Waals surface area contributed by atoms with E-state index >= 15 is 0 Å². The van der Waals surface area contributed by atoms with Crippen LogP contribution in [0.1, 0.15) is 6.92 Å². The topological polar surface area (TPSA) is 106 Å². The SMILES string of the molecule is CC(=O)[O-].O=[N+]([O-])[O-].[BiH+2]. The summed E-state index contributed by atoms with van der Waals surface area (Å²) < 4.78 is 0. The Morgan fingerprint density at radius 1 is 1.44 bits per heavy atom. The van der Waals surface area contributed by atoms with Crippen LogP contribution in [0.3, 0.4) is 0 Å². The van der Waals surface area contributed by atoms with E-state index < -0.39 is 11.1 Å². The molecule has 6 nitrogen and oxygen atoms in total. The van der Waals surface area contributed by atoms with E-state index in [1.165, 1.54) is 0 Å². The van der Waals surface area contributed by atoms with Gasteiger partial charge in [0.05, 0.1) is 5.09 Å². The second-order valence-corrected chi connectivity index (χ2v) is 0.715. The molecule has 0 rings (SSSR count). The molecule has 0 aliphatic rings. The molecule has 9 heavy (non-hydrogen) atoms. The van der Waals surface area contributed by atoms with Crippen LogP contribution in [-0.4, -0.2) is 37.3 Å². The van der Waals surface area contributed by atoms with Crippen LogP contribution in [0.25, 0.3) is 0 Å². The zero-order valence-electron chi connectivity index (χ0n) is 4.49. The summed E-state index contributed by atoms with van der Waals surface area (Å²) in [6.07, 6.45) is 0. The molecule has 0 bridgehead atoms. The van der Waals surface area contributed by atoms with Crippen molar-refractivity contribution >= 4 is 32.2 Å². The number of carboxylic acids is 1. The monoisotopic (exact) mass is 331 g/mol. The zero-order chi connectivity index (χ0) is 7.15. The summed E-state index contributed by atoms with van der Waals surface area (Å²) in [5, 5.41) is 23.6. The number of hydrogen-bond donors (Lipinski definition) is 0. The van der Waals surface area contributed by atoms with E-state index in [1.807, 2.05) is 0 Å². The second kappa shape index (κ2) is 10.5. The normalized spacial score (nSPS) is 5.44. The van der Waals surface area contributed by atoms with Gasteiger partial charge in [-0.3, -0.25) is 0 Å². The Labute approximate surface area is 69.7 Å². The zero-order valence-corrected chi connectivity index (χ0v) is 8.38. The molecule has 0 spiro atoms. The second-order valence-electron chi connectivity index (χ2n) is 0.715. The molecule has 0 saturated heterocycles. The van der Waals surface area contributed by atoms with Crippen molar-refractivity contribution in [1.82, 2.24) is 0 Å². The van der Waals surface area contributed by atoms with Crippen LogP contribution >= 0.6 is 0 Å². The van der Waals surface area contributed by atoms with Crippen LogP contribution < -0.4 is 5.11 Å². The molecule has 0 amide bonds. The van der Waals surface area contributed by atoms with Gasteiger partial charge in [0.15, 0.2) is 0 Å². The van der Waals surface area contributed by atoms with Crippen LogP contribution in [-0.2, 0) is 4.79 Å². The number of carbonyl (C=O) groups is 1. The molecule has 0 unspecified atom stereocenters. The molecule has 0 aromatic carbocycles. The average Bonchev–Trinajstić information content (AvgIpc) is 1.25. The van der Waals surface area contributed by atoms with Gasteiger partial charge < -0.3 is 25.2 Å². The van der Waals surface area contributed by atoms with Gasteiger partial charge in [-0.1, -0.05) is 0 Å². The van der Waals surface area contributed by atoms with Gasteiger partial charge in [0, 0.05) is 5.97 Å². The van der Waals surface area contributed by atoms with Crippen LogP contribution in [0.2, 0.25) is 0 Å². The first-order chi connectivity index (χ1) is 3.46. The predicted molar refractivity (Wildman–Crippen MR) is 28.2 cm³/mol. The van der Waals surface area contributed by atoms with Crippen molar-refractivity contribution in [3.05, 3.63) is 15.3 Å². The fourth-order valence-electron chi connectivity index (χ4n) is 0. The quantitative estimate of drug-likeness (QED) is 0.286. The summed E-state index contributed by atoms with van der Waals surface area (Å²) in [5.41, 5.74) is 0. The van der Waals surface area contributed by atoms with E-state index in [-0.39, 0.29) is 26.2 Å². The Morgan fingerprint density at radius 2 is 1.44 bits per heavy atom. The Bertz CT molecular complexity index is 73.0. The van der Waals surface area contributed by atoms with Crippen molar-refractivity contribution in [2.24, 2.45) is 0 Å². The maximum atomic E-state index is 8.89. The Kier molecular flexibility index (Phi) is 18.5. The molecular weight excluding hydrogens is 327 g/mol. The van der Waals surface area contributed by atoms with Crippen LogP contribution in [0.4, 0.5) is 0 Å². The Balaban J connectivity index is -0.0000000720. The van der Waals surface area contributed by atoms with E-state index in [1.54, 1.807) is 0 Å². The number of hydrogen-bond acceptors (Lipinski definition) is 5. The number of carbonyl (C=O) groups excluding carboxylic acids is 1. The first kappa shape index (κ1) is 15.8. The minimum atomic E-state index is -1.75. The van der Waals surface area contributed by atoms with Crippen molar-refractivity contribution in [2.45, 2.75) is 6.92 Å². The van der Waals surface area contributed by atoms with Crippen molar-refractivity contribution in [3.63, 3.8) is 0 Å². The molecule has 52 valence electrons. The van der Waals surface area contributed by atoms with E-state index in [9.17, 15) is 0 Å². The number of nitrogens with zero attached hydrogens (tertiary/aromatic N) is 1. The first-order valence-corrected chi connectivity index (χ1v) is 1.46. The van der Waals surface area contributed by atoms with E-state index in [4.69, 9.17) is 25.2 Å². The van der Waals surface area contributed by atoms with Crippen molar-refractivity contribution in [2.75, 3.05) is 0 Å². The standard InChI is InChI=1S/C2H4O2.Bi.NO3.H/c1-2(3)4;;2-1(3)4;/h1H3,(H,3,4);;;/q;+2;-1;/p-1. The molecule has 0 N–H and O–H groups in total. The third-order valence-electron chi connectivity index (χ3n) is 0. The van der Waals surface area contributed by atoms with E-state index in [0.717, 1.165) is 6.92 Å². The van der Waals surface area contributed by atoms with Crippen LogP contribution in [0.5, 0.6) is 0 Å². The van der Waals surface area contributed by atoms with Crippen LogP contribution in [0.15, 0.2) is 0 Å². The summed E-state index contributed by atoms with van der Waals surface area (Å²) in [6.45, 7) is 0.972. The van der Waals surface area contributed by atoms with Gasteiger partial charge in [0.1, 0.15) is 0 Å². The average molecular weight is 331 g/mol. The molecule has 0 aromatic rings. The molecule has 2 radical (unpaired) electrons. The molecule has 0 aromatic heterocycles. The number of rotatable bonds is 0. The van der Waals surface area contributed by atoms with Crippen molar-refractivity contribution in [1.29, 1.82) is 0 Å². The summed E-state index contributed by atoms with van der Waals surface area (Å²) >= 11 is 0. The summed E-state index contributed by atoms with van der Waals surface area (Å²) in [5.74, 6) is -1.08. The Morgan fingerprint density at radius 3 is 1.44 bits per heavy atom. The summed E-state index contributed by atoms with van der Waals surface area (Å²) in [7, 11) is 0. The minimum absolute atomic E-state index is 0. The molecule has 0 heterocycles. The predicted octanol–water partition coefficient (Wildman–Crippen LogP) is -2.13. The third-order valence-corrected chi connectivity index (χ3v) is 0. The fourth-order valence-corrected chi connectivity index (χ4v) is 0. The van der Waals surface area contributed by atoms with Crippen LogP contribution in [0, 0.1) is 15.3 Å². The van der Waals surface area contributed by atoms with Gasteiger partial charge in [0.25, 0.3) is 0 Å². The third kappa shape index (κ3) is 1170. The van der Waals surface area contributed by atoms with Gasteiger partial charge in [0.2, 0.25) is 0 Å². The summed E-state index contributed by atoms with van der Waals surface area (Å²) in [6, 6.07) is 0. The van der Waals surface area contributed by atoms with Gasteiger partial charge in [-0.2, -0.15) is 0 Å². The molecule has 7 heteroatoms. The molecule has 0 atom stereocenters. The van der Waals surface area contributed by atoms with Gasteiger partial charge in [-0.05, 0) is 6.92 Å². The number of aliphatic carboxylic acids is 1. The maximum absolute atomic E-state index is 8.89. The van der Waals surface area contributed by atoms with Gasteiger partial charge in [-0.25, -0.2) is 0 Å². The molecule has 0 aliphatic carbocycles. The van der Waals surface area contributed by atoms with E-state index in [2.05, 4.69) is 0 Å². The molecular formula is C2H4BiNO5. The first-order valence-electron chi connectivity index (χ1n) is 1.46. The number of carboxylic acid groups (broad SMARTS) is 1. The fraction of sp³-hybridized carbons (Fsp3) is 0.500. The molecule has 0 fully saturated rings.